The fraction of sp³-hybridized carbons (Fsp3) is 0.371. The quantitative estimate of drug-likeness (QED) is 0.0757. The van der Waals surface area contributed by atoms with E-state index in [1.165, 1.54) is 372 Å². The van der Waals surface area contributed by atoms with Crippen LogP contribution in [-0.2, 0) is 116 Å². The van der Waals surface area contributed by atoms with Crippen LogP contribution < -0.4 is 0 Å². The molecule has 10 aromatic carbocycles. The van der Waals surface area contributed by atoms with Gasteiger partial charge in [-0.2, -0.15) is 0 Å². The number of rotatable bonds is 19. The van der Waals surface area contributed by atoms with Crippen LogP contribution >= 0.6 is 0 Å². The molecule has 143 heavy (non-hydrogen) atoms. The van der Waals surface area contributed by atoms with E-state index in [-0.39, 0.29) is 0 Å². The van der Waals surface area contributed by atoms with Gasteiger partial charge in [0.15, 0.2) is 0 Å². The number of allylic oxidation sites excluding steroid dienone is 25. The van der Waals surface area contributed by atoms with Gasteiger partial charge in [-0.05, 0) is 403 Å². The molecule has 0 bridgehead atoms. The lowest BCUT2D eigenvalue weighted by Gasteiger charge is -2.24. The van der Waals surface area contributed by atoms with Gasteiger partial charge in [-0.15, -0.1) is 0 Å². The topological polar surface area (TPSA) is 0 Å². The summed E-state index contributed by atoms with van der Waals surface area (Å²) in [6.45, 7) is 31.8. The first-order valence-electron chi connectivity index (χ1n) is 56.8. The Bertz CT molecular complexity index is 6730. The Labute approximate surface area is 860 Å². The zero-order valence-corrected chi connectivity index (χ0v) is 87.2. The summed E-state index contributed by atoms with van der Waals surface area (Å²) in [5.41, 5.74) is 63.6. The second-order valence-corrected chi connectivity index (χ2v) is 45.2. The van der Waals surface area contributed by atoms with Gasteiger partial charge in [-0.1, -0.05) is 463 Å². The van der Waals surface area contributed by atoms with Gasteiger partial charge < -0.3 is 0 Å². The molecule has 0 spiro atoms. The van der Waals surface area contributed by atoms with E-state index in [0.717, 1.165) is 113 Å². The molecule has 15 aliphatic carbocycles. The molecule has 0 N–H and O–H groups in total. The van der Waals surface area contributed by atoms with Crippen LogP contribution in [-0.4, -0.2) is 0 Å². The van der Waals surface area contributed by atoms with E-state index >= 15 is 0 Å². The first-order chi connectivity index (χ1) is 70.2. The summed E-state index contributed by atoms with van der Waals surface area (Å²) in [5, 5.41) is 0. The third-order valence-electron chi connectivity index (χ3n) is 36.5. The molecule has 0 nitrogen and oxygen atoms in total. The maximum Gasteiger partial charge on any atom is -0.00106 e. The van der Waals surface area contributed by atoms with Gasteiger partial charge in [0.05, 0.1) is 0 Å². The molecular formula is C143H156. The fourth-order valence-electron chi connectivity index (χ4n) is 28.2. The maximum absolute atomic E-state index is 4.53. The molecule has 5 saturated carbocycles. The van der Waals surface area contributed by atoms with Crippen molar-refractivity contribution in [1.29, 1.82) is 0 Å². The van der Waals surface area contributed by atoms with Gasteiger partial charge >= 0.3 is 0 Å². The van der Waals surface area contributed by atoms with E-state index < -0.39 is 0 Å². The molecule has 0 heteroatoms. The van der Waals surface area contributed by atoms with Crippen molar-refractivity contribution in [1.82, 2.24) is 0 Å². The summed E-state index contributed by atoms with van der Waals surface area (Å²) in [6.07, 6.45) is 81.3. The van der Waals surface area contributed by atoms with Crippen LogP contribution in [0.1, 0.15) is 349 Å². The highest BCUT2D eigenvalue weighted by molar-refractivity contribution is 5.97. The van der Waals surface area contributed by atoms with Crippen LogP contribution in [0.5, 0.6) is 0 Å². The van der Waals surface area contributed by atoms with Crippen LogP contribution in [0.25, 0.3) is 55.7 Å². The van der Waals surface area contributed by atoms with Gasteiger partial charge in [0.1, 0.15) is 0 Å². The lowest BCUT2D eigenvalue weighted by molar-refractivity contribution is 0.339. The molecule has 0 heterocycles. The molecule has 0 saturated heterocycles. The zero-order valence-electron chi connectivity index (χ0n) is 87.2. The van der Waals surface area contributed by atoms with Crippen molar-refractivity contribution in [2.75, 3.05) is 0 Å². The third kappa shape index (κ3) is 21.3. The average molecular weight is 1870 g/mol. The van der Waals surface area contributed by atoms with E-state index in [1.54, 1.807) is 72.3 Å². The summed E-state index contributed by atoms with van der Waals surface area (Å²) >= 11 is 0. The molecule has 0 aromatic heterocycles. The lowest BCUT2D eigenvalue weighted by atomic mass is 9.81. The van der Waals surface area contributed by atoms with Gasteiger partial charge in [0.2, 0.25) is 0 Å². The van der Waals surface area contributed by atoms with Crippen molar-refractivity contribution in [2.24, 2.45) is 29.6 Å². The average Bonchev–Trinajstić information content (AvgIpc) is 1.64. The van der Waals surface area contributed by atoms with Crippen LogP contribution in [0, 0.1) is 36.5 Å². The molecule has 10 aromatic rings. The molecule has 25 rings (SSSR count). The van der Waals surface area contributed by atoms with E-state index in [2.05, 4.69) is 309 Å². The van der Waals surface area contributed by atoms with Crippen molar-refractivity contribution in [3.8, 4) is 0 Å². The smallest absolute Gasteiger partial charge is 0.00106 e. The maximum atomic E-state index is 4.53. The first-order valence-corrected chi connectivity index (χ1v) is 56.8. The zero-order chi connectivity index (χ0) is 97.4. The minimum Gasteiger partial charge on any atom is -0.0909 e. The van der Waals surface area contributed by atoms with Crippen LogP contribution in [0.15, 0.2) is 310 Å². The molecular weight excluding hydrogens is 1720 g/mol. The lowest BCUT2D eigenvalue weighted by Crippen LogP contribution is -2.12. The molecule has 0 atom stereocenters. The van der Waals surface area contributed by atoms with E-state index in [4.69, 9.17) is 0 Å². The van der Waals surface area contributed by atoms with Crippen molar-refractivity contribution in [3.05, 3.63) is 471 Å². The summed E-state index contributed by atoms with van der Waals surface area (Å²) < 4.78 is 0. The predicted octanol–water partition coefficient (Wildman–Crippen LogP) is 37.1. The van der Waals surface area contributed by atoms with E-state index in [9.17, 15) is 0 Å². The molecule has 15 aliphatic rings. The fourth-order valence-corrected chi connectivity index (χ4v) is 28.2. The number of fused-ring (bicyclic) bond motifs is 10. The second kappa shape index (κ2) is 44.9. The Morgan fingerprint density at radius 1 is 0.231 bits per heavy atom. The van der Waals surface area contributed by atoms with Gasteiger partial charge in [0.25, 0.3) is 0 Å². The minimum atomic E-state index is 0.879. The largest absolute Gasteiger partial charge is 0.0909 e. The second-order valence-electron chi connectivity index (χ2n) is 45.2. The standard InChI is InChI=1S/C30H34.2C29H32.C28H30.C27H28/c1-3-23-16-18-27-21(2)26(19-25-15-14-24-11-7-8-12-28(24)25)20-30(27)29(23)17-13-22-9-5-4-6-10-22;2*1-3-22-15-16-26-20(2)25(18-24-14-13-23-11-7-8-12-27(23)24)19-29(26)28(22)17-21-9-5-4-6-10-21;1-19-12-15-25-20(2)24(17-23-14-13-22-10-6-7-11-26(22)23)18-28(25)27(19)16-21-8-4-3-5-9-21;1-19-24(17-23-15-14-21-10-5-6-12-26(21)23)18-27-22(11-7-13-25(19)27)16-20-8-3-2-4-9-20/h7-8,11-12,15-16,18-19,22H,2-6,9-10,13-14,17,20H2,1H3;2*7-8,11-12,14-16,18,21H,2-6,9-10,13,17,19H2,1H3;6-7,10-12,14-15,17,21H,2-5,8-9,13,16,18H2,1H3;5-7,10-13,15,17,20H,1-4,8-9,14,16,18H2/b26-19+;2*25-18+;2*24-17+. The third-order valence-corrected chi connectivity index (χ3v) is 36.5. The van der Waals surface area contributed by atoms with Gasteiger partial charge in [-0.25, -0.2) is 0 Å². The monoisotopic (exact) mass is 1870 g/mol. The Balaban J connectivity index is 0.000000106. The number of benzene rings is 10. The highest BCUT2D eigenvalue weighted by atomic mass is 14.4. The first kappa shape index (κ1) is 97.4. The summed E-state index contributed by atoms with van der Waals surface area (Å²) in [5.74, 6) is 4.47. The van der Waals surface area contributed by atoms with Crippen LogP contribution in [0.4, 0.5) is 0 Å². The minimum absolute atomic E-state index is 0.879. The van der Waals surface area contributed by atoms with E-state index in [1.807, 2.05) is 0 Å². The van der Waals surface area contributed by atoms with Crippen molar-refractivity contribution >= 4 is 55.7 Å². The highest BCUT2D eigenvalue weighted by Gasteiger charge is 2.35. The van der Waals surface area contributed by atoms with Gasteiger partial charge in [0, 0.05) is 0 Å². The van der Waals surface area contributed by atoms with Crippen molar-refractivity contribution < 1.29 is 0 Å². The molecule has 5 fully saturated rings. The van der Waals surface area contributed by atoms with Crippen LogP contribution in [0.2, 0.25) is 0 Å². The van der Waals surface area contributed by atoms with Gasteiger partial charge in [-0.3, -0.25) is 0 Å². The number of hydrogen-bond acceptors (Lipinski definition) is 0. The van der Waals surface area contributed by atoms with Crippen molar-refractivity contribution in [3.63, 3.8) is 0 Å². The molecule has 0 radical (unpaired) electrons. The molecule has 0 amide bonds. The summed E-state index contributed by atoms with van der Waals surface area (Å²) in [4.78, 5) is 0. The van der Waals surface area contributed by atoms with E-state index in [0.29, 0.717) is 0 Å². The van der Waals surface area contributed by atoms with Crippen molar-refractivity contribution in [2.45, 2.75) is 310 Å². The summed E-state index contributed by atoms with van der Waals surface area (Å²) in [7, 11) is 0. The Morgan fingerprint density at radius 2 is 0.483 bits per heavy atom. The molecule has 728 valence electrons. The molecule has 0 unspecified atom stereocenters. The summed E-state index contributed by atoms with van der Waals surface area (Å²) in [6, 6.07) is 69.8. The molecule has 0 aliphatic heterocycles. The number of hydrogen-bond donors (Lipinski definition) is 0. The number of aryl methyl sites for hydroxylation is 4. The highest BCUT2D eigenvalue weighted by Crippen LogP contribution is 2.51. The predicted molar refractivity (Wildman–Crippen MR) is 616 cm³/mol. The normalized spacial score (nSPS) is 20.2. The Kier molecular flexibility index (Phi) is 30.6. The SMILES string of the molecule is C=C1/C(=C/C2=CCc3ccccc32)Cc2c(CC3CCCCC3)cccc21.C=C1/C(=C/C2=CCc3ccccc32)Cc2c1ccc(C)c2CC1CCCCC1.C=C1/C(=C/C2=CCc3ccccc32)Cc2c1ccc(CC)c2CC1CCCCC1.C=C1/C(=C/C2=CCc3ccccc32)Cc2c1ccc(CC)c2CC1CCCCC1.C=C1/C(=C/C2=CCc3ccccc32)Cc2c1ccc(CC)c2CCC1CCCCC1. The Morgan fingerprint density at radius 3 is 0.804 bits per heavy atom. The van der Waals surface area contributed by atoms with Crippen LogP contribution in [0.3, 0.4) is 0 Å². The Hall–Kier alpha value is -11.7.